The molecule has 1 N–H and O–H groups in total. The summed E-state index contributed by atoms with van der Waals surface area (Å²) < 4.78 is 7.24. The molecule has 0 saturated carbocycles. The van der Waals surface area contributed by atoms with Crippen LogP contribution >= 0.6 is 0 Å². The Kier molecular flexibility index (Phi) is 6.77. The van der Waals surface area contributed by atoms with Crippen molar-refractivity contribution in [2.75, 3.05) is 19.7 Å². The van der Waals surface area contributed by atoms with Gasteiger partial charge in [0.05, 0.1) is 17.2 Å². The Bertz CT molecular complexity index is 949. The molecule has 0 spiro atoms. The van der Waals surface area contributed by atoms with Gasteiger partial charge in [0.15, 0.2) is 0 Å². The summed E-state index contributed by atoms with van der Waals surface area (Å²) in [5.74, 6) is 0.871. The average Bonchev–Trinajstić information content (AvgIpc) is 2.71. The predicted octanol–water partition coefficient (Wildman–Crippen LogP) is 3.18. The number of ether oxygens (including phenoxy) is 1. The van der Waals surface area contributed by atoms with Crippen LogP contribution in [0.4, 0.5) is 0 Å². The number of para-hydroxylation sites is 1. The molecule has 2 aromatic carbocycles. The minimum atomic E-state index is 0.0249. The van der Waals surface area contributed by atoms with Crippen molar-refractivity contribution in [2.45, 2.75) is 19.4 Å². The fourth-order valence-electron chi connectivity index (χ4n) is 2.94. The third-order valence-corrected chi connectivity index (χ3v) is 4.34. The van der Waals surface area contributed by atoms with Gasteiger partial charge in [0.1, 0.15) is 12.4 Å². The molecule has 0 amide bonds. The molecule has 0 radical (unpaired) electrons. The normalized spacial score (nSPS) is 10.8. The van der Waals surface area contributed by atoms with Gasteiger partial charge in [0.25, 0.3) is 5.56 Å². The highest BCUT2D eigenvalue weighted by atomic mass is 16.5. The molecular formula is C22H25N3O2. The van der Waals surface area contributed by atoms with Gasteiger partial charge in [-0.05, 0) is 55.8 Å². The molecule has 3 rings (SSSR count). The Balaban J connectivity index is 1.42. The van der Waals surface area contributed by atoms with Crippen LogP contribution in [0.2, 0.25) is 0 Å². The van der Waals surface area contributed by atoms with Gasteiger partial charge in [-0.25, -0.2) is 4.98 Å². The van der Waals surface area contributed by atoms with Crippen molar-refractivity contribution in [1.29, 1.82) is 0 Å². The van der Waals surface area contributed by atoms with Crippen molar-refractivity contribution >= 4 is 10.9 Å². The molecule has 0 bridgehead atoms. The zero-order chi connectivity index (χ0) is 18.9. The highest BCUT2D eigenvalue weighted by Gasteiger charge is 2.03. The van der Waals surface area contributed by atoms with Crippen LogP contribution in [-0.4, -0.2) is 29.2 Å². The summed E-state index contributed by atoms with van der Waals surface area (Å²) in [6.07, 6.45) is 5.19. The maximum atomic E-state index is 12.4. The first-order valence-corrected chi connectivity index (χ1v) is 9.25. The number of benzene rings is 2. The number of nitrogens with zero attached hydrogens (tertiary/aromatic N) is 2. The summed E-state index contributed by atoms with van der Waals surface area (Å²) in [7, 11) is 0. The van der Waals surface area contributed by atoms with Crippen LogP contribution in [0.5, 0.6) is 5.75 Å². The summed E-state index contributed by atoms with van der Waals surface area (Å²) >= 11 is 0. The minimum Gasteiger partial charge on any atom is -0.490 e. The van der Waals surface area contributed by atoms with Gasteiger partial charge < -0.3 is 10.1 Å². The topological polar surface area (TPSA) is 56.1 Å². The Morgan fingerprint density at radius 2 is 2.04 bits per heavy atom. The molecule has 0 saturated heterocycles. The van der Waals surface area contributed by atoms with Gasteiger partial charge in [-0.2, -0.15) is 0 Å². The van der Waals surface area contributed by atoms with Crippen molar-refractivity contribution in [3.8, 4) is 5.75 Å². The molecule has 5 nitrogen and oxygen atoms in total. The SMILES string of the molecule is C=CCOc1cccc(CCNCCCn2cnc3ccccc3c2=O)c1. The molecule has 0 fully saturated rings. The molecular weight excluding hydrogens is 338 g/mol. The van der Waals surface area contributed by atoms with E-state index in [9.17, 15) is 4.79 Å². The average molecular weight is 363 g/mol. The molecule has 0 aliphatic heterocycles. The lowest BCUT2D eigenvalue weighted by molar-refractivity contribution is 0.363. The van der Waals surface area contributed by atoms with E-state index in [0.717, 1.165) is 37.2 Å². The smallest absolute Gasteiger partial charge is 0.261 e. The Labute approximate surface area is 159 Å². The third kappa shape index (κ3) is 5.28. The highest BCUT2D eigenvalue weighted by Crippen LogP contribution is 2.13. The van der Waals surface area contributed by atoms with Crippen LogP contribution in [0.15, 0.2) is 72.3 Å². The number of aryl methyl sites for hydroxylation is 1. The van der Waals surface area contributed by atoms with Gasteiger partial charge in [0, 0.05) is 6.54 Å². The second kappa shape index (κ2) is 9.69. The lowest BCUT2D eigenvalue weighted by Crippen LogP contribution is -2.24. The maximum Gasteiger partial charge on any atom is 0.261 e. The molecule has 1 heterocycles. The summed E-state index contributed by atoms with van der Waals surface area (Å²) in [6.45, 7) is 6.58. The van der Waals surface area contributed by atoms with Crippen LogP contribution in [0, 0.1) is 0 Å². The number of fused-ring (bicyclic) bond motifs is 1. The van der Waals surface area contributed by atoms with E-state index in [1.165, 1.54) is 5.56 Å². The van der Waals surface area contributed by atoms with Crippen molar-refractivity contribution in [3.63, 3.8) is 0 Å². The Hall–Kier alpha value is -2.92. The fourth-order valence-corrected chi connectivity index (χ4v) is 2.94. The van der Waals surface area contributed by atoms with Gasteiger partial charge in [0.2, 0.25) is 0 Å². The van der Waals surface area contributed by atoms with Crippen LogP contribution in [-0.2, 0) is 13.0 Å². The van der Waals surface area contributed by atoms with Crippen molar-refractivity contribution < 1.29 is 4.74 Å². The van der Waals surface area contributed by atoms with E-state index < -0.39 is 0 Å². The van der Waals surface area contributed by atoms with E-state index in [1.54, 1.807) is 17.0 Å². The van der Waals surface area contributed by atoms with Gasteiger partial charge in [-0.15, -0.1) is 0 Å². The molecule has 0 aliphatic rings. The zero-order valence-electron chi connectivity index (χ0n) is 15.4. The quantitative estimate of drug-likeness (QED) is 0.444. The van der Waals surface area contributed by atoms with Crippen LogP contribution in [0.3, 0.4) is 0 Å². The number of hydrogen-bond donors (Lipinski definition) is 1. The molecule has 3 aromatic rings. The Morgan fingerprint density at radius 1 is 1.15 bits per heavy atom. The van der Waals surface area contributed by atoms with Crippen molar-refractivity contribution in [1.82, 2.24) is 14.9 Å². The molecule has 27 heavy (non-hydrogen) atoms. The van der Waals surface area contributed by atoms with E-state index in [-0.39, 0.29) is 5.56 Å². The first-order valence-electron chi connectivity index (χ1n) is 9.25. The van der Waals surface area contributed by atoms with Crippen LogP contribution in [0.25, 0.3) is 10.9 Å². The molecule has 1 aromatic heterocycles. The first kappa shape index (κ1) is 18.9. The number of nitrogens with one attached hydrogen (secondary N) is 1. The summed E-state index contributed by atoms with van der Waals surface area (Å²) in [5.41, 5.74) is 2.01. The first-order chi connectivity index (χ1) is 13.3. The van der Waals surface area contributed by atoms with E-state index in [2.05, 4.69) is 29.0 Å². The monoisotopic (exact) mass is 363 g/mol. The van der Waals surface area contributed by atoms with E-state index in [0.29, 0.717) is 18.5 Å². The number of hydrogen-bond acceptors (Lipinski definition) is 4. The third-order valence-electron chi connectivity index (χ3n) is 4.34. The largest absolute Gasteiger partial charge is 0.490 e. The lowest BCUT2D eigenvalue weighted by atomic mass is 10.1. The van der Waals surface area contributed by atoms with Crippen molar-refractivity contribution in [3.05, 3.63) is 83.4 Å². The van der Waals surface area contributed by atoms with Crippen LogP contribution < -0.4 is 15.6 Å². The molecule has 5 heteroatoms. The standard InChI is InChI=1S/C22H25N3O2/c1-2-15-27-19-8-5-7-18(16-19)11-13-23-12-6-14-25-17-24-21-10-4-3-9-20(21)22(25)26/h2-5,7-10,16-17,23H,1,6,11-15H2. The van der Waals surface area contributed by atoms with E-state index in [1.807, 2.05) is 36.4 Å². The second-order valence-corrected chi connectivity index (χ2v) is 6.36. The molecule has 0 aliphatic carbocycles. The summed E-state index contributed by atoms with van der Waals surface area (Å²) in [4.78, 5) is 16.8. The van der Waals surface area contributed by atoms with Gasteiger partial charge in [-0.1, -0.05) is 36.9 Å². The van der Waals surface area contributed by atoms with E-state index >= 15 is 0 Å². The molecule has 140 valence electrons. The summed E-state index contributed by atoms with van der Waals surface area (Å²) in [6, 6.07) is 15.6. The number of rotatable bonds is 10. The highest BCUT2D eigenvalue weighted by molar-refractivity contribution is 5.76. The van der Waals surface area contributed by atoms with Crippen molar-refractivity contribution in [2.24, 2.45) is 0 Å². The summed E-state index contributed by atoms with van der Waals surface area (Å²) in [5, 5.41) is 4.10. The zero-order valence-corrected chi connectivity index (χ0v) is 15.4. The minimum absolute atomic E-state index is 0.0249. The molecule has 0 unspecified atom stereocenters. The second-order valence-electron chi connectivity index (χ2n) is 6.36. The lowest BCUT2D eigenvalue weighted by Gasteiger charge is -2.09. The maximum absolute atomic E-state index is 12.4. The van der Waals surface area contributed by atoms with Gasteiger partial charge in [-0.3, -0.25) is 9.36 Å². The number of aromatic nitrogens is 2. The Morgan fingerprint density at radius 3 is 2.93 bits per heavy atom. The van der Waals surface area contributed by atoms with E-state index in [4.69, 9.17) is 4.74 Å². The fraction of sp³-hybridized carbons (Fsp3) is 0.273. The predicted molar refractivity (Wildman–Crippen MR) is 109 cm³/mol. The molecule has 0 atom stereocenters. The van der Waals surface area contributed by atoms with Gasteiger partial charge >= 0.3 is 0 Å². The van der Waals surface area contributed by atoms with Crippen LogP contribution in [0.1, 0.15) is 12.0 Å².